The van der Waals surface area contributed by atoms with Gasteiger partial charge in [-0.25, -0.2) is 0 Å². The van der Waals surface area contributed by atoms with E-state index >= 15 is 0 Å². The molecule has 0 saturated heterocycles. The van der Waals surface area contributed by atoms with Crippen LogP contribution in [-0.2, 0) is 4.79 Å². The van der Waals surface area contributed by atoms with Gasteiger partial charge < -0.3 is 20.7 Å². The van der Waals surface area contributed by atoms with E-state index in [-0.39, 0.29) is 18.6 Å². The molecule has 0 radical (unpaired) electrons. The predicted octanol–water partition coefficient (Wildman–Crippen LogP) is 1.58. The van der Waals surface area contributed by atoms with Crippen molar-refractivity contribution in [3.63, 3.8) is 0 Å². The number of nitrogens with zero attached hydrogens (tertiary/aromatic N) is 1. The Kier molecular flexibility index (Phi) is 6.54. The number of primary amides is 1. The Labute approximate surface area is 147 Å². The minimum absolute atomic E-state index is 0.0689. The Hall–Kier alpha value is -2.86. The van der Waals surface area contributed by atoms with Crippen molar-refractivity contribution >= 4 is 11.8 Å². The van der Waals surface area contributed by atoms with Gasteiger partial charge in [-0.15, -0.1) is 0 Å². The van der Waals surface area contributed by atoms with Gasteiger partial charge in [0.05, 0.1) is 6.04 Å². The molecule has 6 nitrogen and oxygen atoms in total. The quantitative estimate of drug-likeness (QED) is 0.763. The second-order valence-electron chi connectivity index (χ2n) is 5.88. The first-order valence-corrected chi connectivity index (χ1v) is 7.98. The van der Waals surface area contributed by atoms with E-state index in [1.807, 2.05) is 44.4 Å². The molecule has 0 aliphatic carbocycles. The third-order valence-electron chi connectivity index (χ3n) is 3.74. The molecule has 0 aromatic heterocycles. The molecule has 0 fully saturated rings. The number of carbonyl (C=O) groups is 2. The van der Waals surface area contributed by atoms with Crippen molar-refractivity contribution in [1.29, 1.82) is 0 Å². The molecule has 0 heterocycles. The summed E-state index contributed by atoms with van der Waals surface area (Å²) in [6, 6.07) is 16.7. The van der Waals surface area contributed by atoms with Crippen LogP contribution in [0.25, 0.3) is 0 Å². The van der Waals surface area contributed by atoms with E-state index in [1.165, 1.54) is 0 Å². The predicted molar refractivity (Wildman–Crippen MR) is 96.3 cm³/mol. The van der Waals surface area contributed by atoms with Gasteiger partial charge in [-0.3, -0.25) is 9.59 Å². The lowest BCUT2D eigenvalue weighted by atomic mass is 10.1. The summed E-state index contributed by atoms with van der Waals surface area (Å²) in [5.41, 5.74) is 6.65. The maximum Gasteiger partial charge on any atom is 0.255 e. The second kappa shape index (κ2) is 8.84. The molecule has 0 bridgehead atoms. The number of amides is 2. The highest BCUT2D eigenvalue weighted by molar-refractivity contribution is 5.94. The van der Waals surface area contributed by atoms with Crippen LogP contribution in [0.1, 0.15) is 22.0 Å². The van der Waals surface area contributed by atoms with Gasteiger partial charge in [0.1, 0.15) is 5.75 Å². The molecule has 3 N–H and O–H groups in total. The Balaban J connectivity index is 2.01. The van der Waals surface area contributed by atoms with Crippen LogP contribution in [0.5, 0.6) is 5.75 Å². The minimum Gasteiger partial charge on any atom is -0.484 e. The highest BCUT2D eigenvalue weighted by Gasteiger charge is 2.16. The van der Waals surface area contributed by atoms with E-state index in [0.29, 0.717) is 17.9 Å². The highest BCUT2D eigenvalue weighted by atomic mass is 16.5. The van der Waals surface area contributed by atoms with Crippen LogP contribution in [-0.4, -0.2) is 44.0 Å². The van der Waals surface area contributed by atoms with Crippen molar-refractivity contribution in [2.45, 2.75) is 6.04 Å². The van der Waals surface area contributed by atoms with Crippen LogP contribution in [0.3, 0.4) is 0 Å². The normalized spacial score (nSPS) is 11.8. The number of hydrogen-bond acceptors (Lipinski definition) is 4. The largest absolute Gasteiger partial charge is 0.484 e. The van der Waals surface area contributed by atoms with Crippen LogP contribution >= 0.6 is 0 Å². The van der Waals surface area contributed by atoms with Gasteiger partial charge in [-0.05, 0) is 37.9 Å². The van der Waals surface area contributed by atoms with Crippen LogP contribution in [0.15, 0.2) is 54.6 Å². The smallest absolute Gasteiger partial charge is 0.255 e. The first-order valence-electron chi connectivity index (χ1n) is 7.98. The number of carbonyl (C=O) groups excluding carboxylic acids is 2. The third kappa shape index (κ3) is 5.61. The van der Waals surface area contributed by atoms with Gasteiger partial charge in [0.2, 0.25) is 0 Å². The fraction of sp³-hybridized carbons (Fsp3) is 0.263. The average molecular weight is 341 g/mol. The summed E-state index contributed by atoms with van der Waals surface area (Å²) in [6.45, 7) is 0.254. The molecule has 25 heavy (non-hydrogen) atoms. The first-order chi connectivity index (χ1) is 12.0. The zero-order valence-electron chi connectivity index (χ0n) is 14.4. The van der Waals surface area contributed by atoms with Gasteiger partial charge >= 0.3 is 0 Å². The molecule has 1 atom stereocenters. The summed E-state index contributed by atoms with van der Waals surface area (Å²) in [7, 11) is 3.95. The summed E-state index contributed by atoms with van der Waals surface area (Å²) in [5.74, 6) is -0.336. The van der Waals surface area contributed by atoms with E-state index < -0.39 is 5.91 Å². The lowest BCUT2D eigenvalue weighted by Crippen LogP contribution is -2.34. The summed E-state index contributed by atoms with van der Waals surface area (Å²) in [4.78, 5) is 25.3. The zero-order valence-corrected chi connectivity index (χ0v) is 14.4. The van der Waals surface area contributed by atoms with Crippen LogP contribution in [0.4, 0.5) is 0 Å². The molecule has 0 spiro atoms. The van der Waals surface area contributed by atoms with Crippen molar-refractivity contribution in [2.24, 2.45) is 5.73 Å². The van der Waals surface area contributed by atoms with E-state index in [4.69, 9.17) is 10.5 Å². The Morgan fingerprint density at radius 1 is 1.12 bits per heavy atom. The number of hydrogen-bond donors (Lipinski definition) is 2. The maximum absolute atomic E-state index is 12.4. The fourth-order valence-corrected chi connectivity index (χ4v) is 2.45. The van der Waals surface area contributed by atoms with Gasteiger partial charge in [-0.2, -0.15) is 0 Å². The maximum atomic E-state index is 12.4. The number of nitrogens with two attached hydrogens (primary N) is 1. The van der Waals surface area contributed by atoms with Crippen molar-refractivity contribution in [2.75, 3.05) is 27.2 Å². The van der Waals surface area contributed by atoms with Crippen molar-refractivity contribution < 1.29 is 14.3 Å². The molecule has 0 saturated carbocycles. The Morgan fingerprint density at radius 3 is 2.48 bits per heavy atom. The molecule has 6 heteroatoms. The molecule has 2 rings (SSSR count). The van der Waals surface area contributed by atoms with Crippen LogP contribution in [0.2, 0.25) is 0 Å². The van der Waals surface area contributed by atoms with Crippen LogP contribution < -0.4 is 15.8 Å². The minimum atomic E-state index is -0.563. The van der Waals surface area contributed by atoms with Gasteiger partial charge in [0.25, 0.3) is 11.8 Å². The van der Waals surface area contributed by atoms with Crippen molar-refractivity contribution in [3.8, 4) is 5.75 Å². The SMILES string of the molecule is CN(C)C(CNC(=O)c1cccc(OCC(N)=O)c1)c1ccccc1. The summed E-state index contributed by atoms with van der Waals surface area (Å²) in [5, 5.41) is 2.94. The molecule has 132 valence electrons. The van der Waals surface area contributed by atoms with Gasteiger partial charge in [0.15, 0.2) is 6.61 Å². The van der Waals surface area contributed by atoms with E-state index in [2.05, 4.69) is 10.2 Å². The summed E-state index contributed by atoms with van der Waals surface area (Å²) < 4.78 is 5.23. The monoisotopic (exact) mass is 341 g/mol. The Bertz CT molecular complexity index is 717. The Morgan fingerprint density at radius 2 is 1.84 bits per heavy atom. The average Bonchev–Trinajstić information content (AvgIpc) is 2.61. The van der Waals surface area contributed by atoms with E-state index in [9.17, 15) is 9.59 Å². The molecule has 2 amide bonds. The molecule has 0 aliphatic heterocycles. The number of likely N-dealkylation sites (N-methyl/N-ethyl adjacent to an activating group) is 1. The van der Waals surface area contributed by atoms with Crippen molar-refractivity contribution in [1.82, 2.24) is 10.2 Å². The lowest BCUT2D eigenvalue weighted by molar-refractivity contribution is -0.119. The molecule has 2 aromatic carbocycles. The lowest BCUT2D eigenvalue weighted by Gasteiger charge is -2.25. The van der Waals surface area contributed by atoms with E-state index in [1.54, 1.807) is 24.3 Å². The standard InChI is InChI=1S/C19H23N3O3/c1-22(2)17(14-7-4-3-5-8-14)12-21-19(24)15-9-6-10-16(11-15)25-13-18(20)23/h3-11,17H,12-13H2,1-2H3,(H2,20,23)(H,21,24). The second-order valence-corrected chi connectivity index (χ2v) is 5.88. The number of ether oxygens (including phenoxy) is 1. The number of benzene rings is 2. The first kappa shape index (κ1) is 18.5. The van der Waals surface area contributed by atoms with Gasteiger partial charge in [-0.1, -0.05) is 36.4 Å². The van der Waals surface area contributed by atoms with Crippen molar-refractivity contribution in [3.05, 3.63) is 65.7 Å². The number of nitrogens with one attached hydrogen (secondary N) is 1. The molecular formula is C19H23N3O3. The fourth-order valence-electron chi connectivity index (χ4n) is 2.45. The molecular weight excluding hydrogens is 318 g/mol. The van der Waals surface area contributed by atoms with Gasteiger partial charge in [0, 0.05) is 12.1 Å². The topological polar surface area (TPSA) is 84.7 Å². The molecule has 1 unspecified atom stereocenters. The molecule has 0 aliphatic rings. The zero-order chi connectivity index (χ0) is 18.2. The number of rotatable bonds is 8. The molecule has 2 aromatic rings. The van der Waals surface area contributed by atoms with Crippen LogP contribution in [0, 0.1) is 0 Å². The van der Waals surface area contributed by atoms with E-state index in [0.717, 1.165) is 5.56 Å². The summed E-state index contributed by atoms with van der Waals surface area (Å²) in [6.07, 6.45) is 0. The highest BCUT2D eigenvalue weighted by Crippen LogP contribution is 2.17. The third-order valence-corrected chi connectivity index (χ3v) is 3.74. The summed E-state index contributed by atoms with van der Waals surface area (Å²) >= 11 is 0.